The molecule has 0 spiro atoms. The van der Waals surface area contributed by atoms with Crippen molar-refractivity contribution in [3.8, 4) is 17.2 Å². The first-order chi connectivity index (χ1) is 12.9. The molecule has 1 aliphatic heterocycles. The summed E-state index contributed by atoms with van der Waals surface area (Å²) in [5.74, 6) is 0. The predicted molar refractivity (Wildman–Crippen MR) is 105 cm³/mol. The molecule has 27 heavy (non-hydrogen) atoms. The zero-order valence-electron chi connectivity index (χ0n) is 15.6. The van der Waals surface area contributed by atoms with Gasteiger partial charge in [0.2, 0.25) is 10.0 Å². The van der Waals surface area contributed by atoms with Gasteiger partial charge in [0.15, 0.2) is 0 Å². The molecule has 3 rings (SSSR count). The Bertz CT molecular complexity index is 931. The minimum atomic E-state index is -3.36. The van der Waals surface area contributed by atoms with Crippen molar-refractivity contribution in [2.45, 2.75) is 44.1 Å². The fraction of sp³-hybridized carbons (Fsp3) is 0.381. The predicted octanol–water partition coefficient (Wildman–Crippen LogP) is 3.77. The Kier molecular flexibility index (Phi) is 5.95. The van der Waals surface area contributed by atoms with E-state index in [1.54, 1.807) is 19.9 Å². The first-order valence-corrected chi connectivity index (χ1v) is 10.7. The molecular weight excluding hydrogens is 360 g/mol. The fourth-order valence-electron chi connectivity index (χ4n) is 3.26. The van der Waals surface area contributed by atoms with Crippen LogP contribution in [0, 0.1) is 11.3 Å². The fourth-order valence-corrected chi connectivity index (χ4v) is 4.20. The normalized spacial score (nSPS) is 20.4. The van der Waals surface area contributed by atoms with Gasteiger partial charge < -0.3 is 4.74 Å². The summed E-state index contributed by atoms with van der Waals surface area (Å²) in [6.07, 6.45) is 1.26. The highest BCUT2D eigenvalue weighted by Crippen LogP contribution is 2.31. The van der Waals surface area contributed by atoms with E-state index in [1.165, 1.54) is 0 Å². The zero-order valence-corrected chi connectivity index (χ0v) is 16.4. The molecule has 0 bridgehead atoms. The van der Waals surface area contributed by atoms with Gasteiger partial charge in [-0.15, -0.1) is 0 Å². The molecule has 1 aliphatic rings. The maximum absolute atomic E-state index is 12.3. The van der Waals surface area contributed by atoms with Gasteiger partial charge in [0.05, 0.1) is 29.0 Å². The lowest BCUT2D eigenvalue weighted by Crippen LogP contribution is -2.45. The molecule has 1 fully saturated rings. The van der Waals surface area contributed by atoms with Gasteiger partial charge >= 0.3 is 0 Å². The molecule has 2 atom stereocenters. The summed E-state index contributed by atoms with van der Waals surface area (Å²) in [7, 11) is -3.36. The Morgan fingerprint density at radius 3 is 2.52 bits per heavy atom. The van der Waals surface area contributed by atoms with E-state index in [4.69, 9.17) is 4.74 Å². The van der Waals surface area contributed by atoms with Crippen molar-refractivity contribution in [1.29, 1.82) is 5.26 Å². The second kappa shape index (κ2) is 8.22. The Morgan fingerprint density at radius 1 is 1.15 bits per heavy atom. The van der Waals surface area contributed by atoms with Gasteiger partial charge in [0.1, 0.15) is 0 Å². The lowest BCUT2D eigenvalue weighted by atomic mass is 9.94. The van der Waals surface area contributed by atoms with Gasteiger partial charge in [0, 0.05) is 6.61 Å². The van der Waals surface area contributed by atoms with Crippen LogP contribution in [0.3, 0.4) is 0 Å². The number of ether oxygens (including phenoxy) is 1. The number of hydrogen-bond acceptors (Lipinski definition) is 4. The number of rotatable bonds is 5. The van der Waals surface area contributed by atoms with Crippen molar-refractivity contribution in [2.24, 2.45) is 0 Å². The molecule has 2 aromatic carbocycles. The standard InChI is InChI=1S/C21H24N2O3S/c1-15(2)27(24,25)23-20-8-5-13-26-21(20)17-11-9-16(10-12-17)19-7-4-3-6-18(19)14-22/h3-4,6-7,9-12,15,20-21,23H,5,8,13H2,1-2H3/t20-,21?/m1/s1. The molecule has 1 unspecified atom stereocenters. The van der Waals surface area contributed by atoms with Crippen LogP contribution >= 0.6 is 0 Å². The Hall–Kier alpha value is -2.20. The number of nitrogens with zero attached hydrogens (tertiary/aromatic N) is 1. The average Bonchev–Trinajstić information content (AvgIpc) is 2.68. The van der Waals surface area contributed by atoms with E-state index in [0.29, 0.717) is 12.2 Å². The van der Waals surface area contributed by atoms with E-state index >= 15 is 0 Å². The van der Waals surface area contributed by atoms with Gasteiger partial charge in [-0.25, -0.2) is 13.1 Å². The Labute approximate surface area is 161 Å². The van der Waals surface area contributed by atoms with E-state index in [1.807, 2.05) is 42.5 Å². The summed E-state index contributed by atoms with van der Waals surface area (Å²) in [6.45, 7) is 3.95. The van der Waals surface area contributed by atoms with Crippen LogP contribution in [0.25, 0.3) is 11.1 Å². The highest BCUT2D eigenvalue weighted by molar-refractivity contribution is 7.90. The second-order valence-corrected chi connectivity index (χ2v) is 9.30. The topological polar surface area (TPSA) is 79.2 Å². The largest absolute Gasteiger partial charge is 0.372 e. The molecule has 0 amide bonds. The van der Waals surface area contributed by atoms with Crippen LogP contribution in [0.1, 0.15) is 43.9 Å². The summed E-state index contributed by atoms with van der Waals surface area (Å²) in [4.78, 5) is 0. The summed E-state index contributed by atoms with van der Waals surface area (Å²) in [5, 5.41) is 8.81. The van der Waals surface area contributed by atoms with E-state index in [-0.39, 0.29) is 12.1 Å². The maximum Gasteiger partial charge on any atom is 0.214 e. The quantitative estimate of drug-likeness (QED) is 0.851. The van der Waals surface area contributed by atoms with Crippen LogP contribution in [0.4, 0.5) is 0 Å². The minimum Gasteiger partial charge on any atom is -0.372 e. The van der Waals surface area contributed by atoms with Gasteiger partial charge in [-0.2, -0.15) is 5.26 Å². The van der Waals surface area contributed by atoms with Crippen molar-refractivity contribution in [3.63, 3.8) is 0 Å². The molecule has 1 heterocycles. The molecule has 6 heteroatoms. The smallest absolute Gasteiger partial charge is 0.214 e. The van der Waals surface area contributed by atoms with Crippen LogP contribution in [0.5, 0.6) is 0 Å². The summed E-state index contributed by atoms with van der Waals surface area (Å²) >= 11 is 0. The van der Waals surface area contributed by atoms with E-state index in [9.17, 15) is 13.7 Å². The minimum absolute atomic E-state index is 0.275. The number of sulfonamides is 1. The van der Waals surface area contributed by atoms with Crippen LogP contribution < -0.4 is 4.72 Å². The Balaban J connectivity index is 1.85. The molecule has 0 saturated carbocycles. The highest BCUT2D eigenvalue weighted by atomic mass is 32.2. The molecule has 5 nitrogen and oxygen atoms in total. The lowest BCUT2D eigenvalue weighted by Gasteiger charge is -2.33. The first-order valence-electron chi connectivity index (χ1n) is 9.14. The Morgan fingerprint density at radius 2 is 1.85 bits per heavy atom. The molecular formula is C21H24N2O3S. The third-order valence-electron chi connectivity index (χ3n) is 4.86. The summed E-state index contributed by atoms with van der Waals surface area (Å²) in [5.41, 5.74) is 3.39. The highest BCUT2D eigenvalue weighted by Gasteiger charge is 2.31. The third-order valence-corrected chi connectivity index (χ3v) is 6.73. The number of hydrogen-bond donors (Lipinski definition) is 1. The molecule has 0 radical (unpaired) electrons. The SMILES string of the molecule is CC(C)S(=O)(=O)N[C@@H]1CCCOC1c1ccc(-c2ccccc2C#N)cc1. The molecule has 0 aromatic heterocycles. The molecule has 142 valence electrons. The van der Waals surface area contributed by atoms with Gasteiger partial charge in [-0.1, -0.05) is 42.5 Å². The maximum atomic E-state index is 12.3. The lowest BCUT2D eigenvalue weighted by molar-refractivity contribution is -0.00446. The molecule has 1 N–H and O–H groups in total. The van der Waals surface area contributed by atoms with E-state index in [2.05, 4.69) is 10.8 Å². The number of benzene rings is 2. The van der Waals surface area contributed by atoms with Gasteiger partial charge in [-0.05, 0) is 49.4 Å². The number of nitrogens with one attached hydrogen (secondary N) is 1. The third kappa shape index (κ3) is 4.38. The summed E-state index contributed by atoms with van der Waals surface area (Å²) in [6, 6.07) is 17.2. The zero-order chi connectivity index (χ0) is 19.4. The molecule has 1 saturated heterocycles. The second-order valence-electron chi connectivity index (χ2n) is 7.03. The van der Waals surface area contributed by atoms with E-state index in [0.717, 1.165) is 29.5 Å². The number of nitriles is 1. The van der Waals surface area contributed by atoms with Crippen molar-refractivity contribution in [2.75, 3.05) is 6.61 Å². The van der Waals surface area contributed by atoms with Crippen LogP contribution in [0.15, 0.2) is 48.5 Å². The molecule has 2 aromatic rings. The van der Waals surface area contributed by atoms with Crippen LogP contribution in [-0.4, -0.2) is 26.3 Å². The van der Waals surface area contributed by atoms with Crippen molar-refractivity contribution >= 4 is 10.0 Å². The first kappa shape index (κ1) is 19.6. The van der Waals surface area contributed by atoms with Gasteiger partial charge in [-0.3, -0.25) is 0 Å². The summed E-state index contributed by atoms with van der Waals surface area (Å²) < 4.78 is 33.3. The monoisotopic (exact) mass is 384 g/mol. The van der Waals surface area contributed by atoms with Crippen molar-refractivity contribution < 1.29 is 13.2 Å². The average molecular weight is 385 g/mol. The van der Waals surface area contributed by atoms with Gasteiger partial charge in [0.25, 0.3) is 0 Å². The van der Waals surface area contributed by atoms with Crippen molar-refractivity contribution in [1.82, 2.24) is 4.72 Å². The van der Waals surface area contributed by atoms with Crippen LogP contribution in [0.2, 0.25) is 0 Å². The van der Waals surface area contributed by atoms with Crippen molar-refractivity contribution in [3.05, 3.63) is 59.7 Å². The van der Waals surface area contributed by atoms with E-state index < -0.39 is 15.3 Å². The van der Waals surface area contributed by atoms with Crippen LogP contribution in [-0.2, 0) is 14.8 Å². The molecule has 0 aliphatic carbocycles.